The standard InChI is InChI=1S/C29H30FN3O5/c1-36-15-14-32(29(35)22-7-4-8-23(30)16-22)19-28(34)33-27(20-10-12-24(37-2)13-11-20)18-26(31-33)21-6-5-9-25(17-21)38-3/h4-13,16-17,27H,14-15,18-19H2,1-3H3/t27-/m0/s1. The van der Waals surface area contributed by atoms with E-state index in [0.717, 1.165) is 22.9 Å². The molecule has 1 aliphatic rings. The number of hydrazone groups is 1. The summed E-state index contributed by atoms with van der Waals surface area (Å²) < 4.78 is 29.6. The van der Waals surface area contributed by atoms with Crippen molar-refractivity contribution in [3.63, 3.8) is 0 Å². The zero-order valence-corrected chi connectivity index (χ0v) is 21.6. The number of amides is 2. The Morgan fingerprint density at radius 3 is 2.39 bits per heavy atom. The van der Waals surface area contributed by atoms with E-state index in [1.54, 1.807) is 14.2 Å². The van der Waals surface area contributed by atoms with Gasteiger partial charge in [0.15, 0.2) is 0 Å². The van der Waals surface area contributed by atoms with Gasteiger partial charge in [0.1, 0.15) is 23.9 Å². The second kappa shape index (κ2) is 12.3. The Bertz CT molecular complexity index is 1310. The molecule has 2 amide bonds. The first kappa shape index (κ1) is 26.8. The average molecular weight is 520 g/mol. The van der Waals surface area contributed by atoms with Crippen molar-refractivity contribution >= 4 is 17.5 Å². The molecular formula is C29H30FN3O5. The van der Waals surface area contributed by atoms with Crippen LogP contribution in [0.15, 0.2) is 77.9 Å². The predicted molar refractivity (Wildman–Crippen MR) is 141 cm³/mol. The highest BCUT2D eigenvalue weighted by molar-refractivity contribution is 6.04. The van der Waals surface area contributed by atoms with Crippen LogP contribution in [0, 0.1) is 5.82 Å². The maximum absolute atomic E-state index is 13.8. The lowest BCUT2D eigenvalue weighted by Gasteiger charge is -2.27. The van der Waals surface area contributed by atoms with Gasteiger partial charge in [0.25, 0.3) is 11.8 Å². The summed E-state index contributed by atoms with van der Waals surface area (Å²) in [7, 11) is 4.70. The Hall–Kier alpha value is -4.24. The quantitative estimate of drug-likeness (QED) is 0.399. The van der Waals surface area contributed by atoms with Crippen LogP contribution in [0.2, 0.25) is 0 Å². The first-order valence-electron chi connectivity index (χ1n) is 12.1. The SMILES string of the molecule is COCCN(CC(=O)N1N=C(c2cccc(OC)c2)C[C@H]1c1ccc(OC)cc1)C(=O)c1cccc(F)c1. The number of hydrogen-bond donors (Lipinski definition) is 0. The Morgan fingerprint density at radius 2 is 1.71 bits per heavy atom. The van der Waals surface area contributed by atoms with Crippen LogP contribution in [0.25, 0.3) is 0 Å². The fraction of sp³-hybridized carbons (Fsp3) is 0.276. The number of carbonyl (C=O) groups is 2. The van der Waals surface area contributed by atoms with Gasteiger partial charge in [-0.25, -0.2) is 9.40 Å². The van der Waals surface area contributed by atoms with Crippen molar-refractivity contribution in [2.45, 2.75) is 12.5 Å². The van der Waals surface area contributed by atoms with Gasteiger partial charge in [-0.1, -0.05) is 30.3 Å². The molecule has 0 N–H and O–H groups in total. The number of nitrogens with zero attached hydrogens (tertiary/aromatic N) is 3. The highest BCUT2D eigenvalue weighted by Gasteiger charge is 2.34. The van der Waals surface area contributed by atoms with Crippen molar-refractivity contribution in [3.05, 3.63) is 95.3 Å². The van der Waals surface area contributed by atoms with E-state index in [-0.39, 0.29) is 37.2 Å². The maximum Gasteiger partial charge on any atom is 0.262 e. The van der Waals surface area contributed by atoms with Crippen LogP contribution in [0.3, 0.4) is 0 Å². The molecule has 38 heavy (non-hydrogen) atoms. The Morgan fingerprint density at radius 1 is 0.974 bits per heavy atom. The molecule has 1 heterocycles. The Balaban J connectivity index is 1.64. The molecule has 0 saturated carbocycles. The second-order valence-electron chi connectivity index (χ2n) is 8.74. The van der Waals surface area contributed by atoms with Crippen LogP contribution in [-0.4, -0.2) is 68.5 Å². The highest BCUT2D eigenvalue weighted by atomic mass is 19.1. The molecule has 198 valence electrons. The molecule has 9 heteroatoms. The molecule has 0 spiro atoms. The highest BCUT2D eigenvalue weighted by Crippen LogP contribution is 2.34. The number of halogens is 1. The Kier molecular flexibility index (Phi) is 8.70. The third kappa shape index (κ3) is 6.18. The van der Waals surface area contributed by atoms with Gasteiger partial charge in [0, 0.05) is 31.2 Å². The van der Waals surface area contributed by atoms with E-state index < -0.39 is 11.7 Å². The minimum absolute atomic E-state index is 0.155. The zero-order valence-electron chi connectivity index (χ0n) is 21.6. The fourth-order valence-corrected chi connectivity index (χ4v) is 4.30. The average Bonchev–Trinajstić information content (AvgIpc) is 3.41. The number of hydrogen-bond acceptors (Lipinski definition) is 6. The van der Waals surface area contributed by atoms with E-state index in [1.165, 1.54) is 35.2 Å². The van der Waals surface area contributed by atoms with Crippen LogP contribution in [0.1, 0.15) is 33.9 Å². The van der Waals surface area contributed by atoms with Gasteiger partial charge in [-0.3, -0.25) is 9.59 Å². The monoisotopic (exact) mass is 519 g/mol. The molecule has 3 aromatic carbocycles. The summed E-state index contributed by atoms with van der Waals surface area (Å²) in [5, 5.41) is 6.12. The van der Waals surface area contributed by atoms with Gasteiger partial charge < -0.3 is 19.1 Å². The van der Waals surface area contributed by atoms with Gasteiger partial charge in [-0.2, -0.15) is 5.10 Å². The van der Waals surface area contributed by atoms with E-state index in [1.807, 2.05) is 48.5 Å². The topological polar surface area (TPSA) is 80.7 Å². The fourth-order valence-electron chi connectivity index (χ4n) is 4.30. The first-order chi connectivity index (χ1) is 18.4. The molecule has 0 radical (unpaired) electrons. The van der Waals surface area contributed by atoms with Crippen LogP contribution in [-0.2, 0) is 9.53 Å². The molecule has 0 aliphatic carbocycles. The molecule has 0 unspecified atom stereocenters. The number of rotatable bonds is 10. The van der Waals surface area contributed by atoms with Gasteiger partial charge in [-0.15, -0.1) is 0 Å². The molecular weight excluding hydrogens is 489 g/mol. The molecule has 0 bridgehead atoms. The predicted octanol–water partition coefficient (Wildman–Crippen LogP) is 4.31. The third-order valence-corrected chi connectivity index (χ3v) is 6.32. The normalized spacial score (nSPS) is 14.7. The van der Waals surface area contributed by atoms with Crippen LogP contribution in [0.4, 0.5) is 4.39 Å². The summed E-state index contributed by atoms with van der Waals surface area (Å²) in [6, 6.07) is 20.0. The summed E-state index contributed by atoms with van der Waals surface area (Å²) in [5.74, 6) is 0.0181. The molecule has 0 aromatic heterocycles. The lowest BCUT2D eigenvalue weighted by atomic mass is 9.98. The smallest absolute Gasteiger partial charge is 0.262 e. The number of methoxy groups -OCH3 is 3. The summed E-state index contributed by atoms with van der Waals surface area (Å²) in [6.45, 7) is 0.125. The van der Waals surface area contributed by atoms with Crippen LogP contribution >= 0.6 is 0 Å². The van der Waals surface area contributed by atoms with Gasteiger partial charge in [-0.05, 0) is 48.0 Å². The number of ether oxygens (including phenoxy) is 3. The van der Waals surface area contributed by atoms with Gasteiger partial charge >= 0.3 is 0 Å². The minimum atomic E-state index is -0.527. The molecule has 0 saturated heterocycles. The van der Waals surface area contributed by atoms with Crippen LogP contribution < -0.4 is 9.47 Å². The van der Waals surface area contributed by atoms with Crippen molar-refractivity contribution in [1.29, 1.82) is 0 Å². The van der Waals surface area contributed by atoms with Gasteiger partial charge in [0.05, 0.1) is 32.6 Å². The minimum Gasteiger partial charge on any atom is -0.497 e. The van der Waals surface area contributed by atoms with E-state index in [9.17, 15) is 14.0 Å². The lowest BCUT2D eigenvalue weighted by Crippen LogP contribution is -2.42. The summed E-state index contributed by atoms with van der Waals surface area (Å²) in [6.07, 6.45) is 0.473. The maximum atomic E-state index is 13.8. The van der Waals surface area contributed by atoms with Gasteiger partial charge in [0.2, 0.25) is 0 Å². The van der Waals surface area contributed by atoms with Crippen molar-refractivity contribution in [2.24, 2.45) is 5.10 Å². The zero-order chi connectivity index (χ0) is 27.1. The summed E-state index contributed by atoms with van der Waals surface area (Å²) >= 11 is 0. The Labute approximate surface area is 221 Å². The van der Waals surface area contributed by atoms with E-state index in [4.69, 9.17) is 19.3 Å². The largest absolute Gasteiger partial charge is 0.497 e. The molecule has 0 fully saturated rings. The van der Waals surface area contributed by atoms with Crippen molar-refractivity contribution in [2.75, 3.05) is 41.0 Å². The molecule has 8 nitrogen and oxygen atoms in total. The lowest BCUT2D eigenvalue weighted by molar-refractivity contribution is -0.133. The molecule has 3 aromatic rings. The van der Waals surface area contributed by atoms with Crippen molar-refractivity contribution in [3.8, 4) is 11.5 Å². The van der Waals surface area contributed by atoms with Crippen LogP contribution in [0.5, 0.6) is 11.5 Å². The van der Waals surface area contributed by atoms with Crippen molar-refractivity contribution in [1.82, 2.24) is 9.91 Å². The van der Waals surface area contributed by atoms with E-state index in [0.29, 0.717) is 17.9 Å². The number of benzene rings is 3. The second-order valence-corrected chi connectivity index (χ2v) is 8.74. The third-order valence-electron chi connectivity index (χ3n) is 6.32. The summed E-state index contributed by atoms with van der Waals surface area (Å²) in [5.41, 5.74) is 2.59. The van der Waals surface area contributed by atoms with E-state index in [2.05, 4.69) is 0 Å². The number of carbonyl (C=O) groups excluding carboxylic acids is 2. The van der Waals surface area contributed by atoms with Crippen molar-refractivity contribution < 1.29 is 28.2 Å². The first-order valence-corrected chi connectivity index (χ1v) is 12.1. The molecule has 1 atom stereocenters. The molecule has 1 aliphatic heterocycles. The van der Waals surface area contributed by atoms with E-state index >= 15 is 0 Å². The summed E-state index contributed by atoms with van der Waals surface area (Å²) in [4.78, 5) is 28.2. The molecule has 4 rings (SSSR count).